The van der Waals surface area contributed by atoms with Crippen LogP contribution < -0.4 is 20.1 Å². The maximum Gasteiger partial charge on any atom is 0.387 e. The highest BCUT2D eigenvalue weighted by Crippen LogP contribution is 2.30. The van der Waals surface area contributed by atoms with E-state index >= 15 is 0 Å². The lowest BCUT2D eigenvalue weighted by molar-refractivity contribution is -0.118. The molecule has 28 heavy (non-hydrogen) atoms. The molecule has 1 unspecified atom stereocenters. The summed E-state index contributed by atoms with van der Waals surface area (Å²) in [5, 5.41) is 6.01. The number of carbonyl (C=O) groups excluding carboxylic acids is 1. The van der Waals surface area contributed by atoms with Gasteiger partial charge in [-0.2, -0.15) is 8.78 Å². The van der Waals surface area contributed by atoms with Crippen molar-refractivity contribution in [1.29, 1.82) is 0 Å². The predicted molar refractivity (Wildman–Crippen MR) is 102 cm³/mol. The molecule has 1 amide bonds. The Balaban J connectivity index is 1.72. The van der Waals surface area contributed by atoms with E-state index in [-0.39, 0.29) is 29.9 Å². The van der Waals surface area contributed by atoms with Crippen LogP contribution >= 0.6 is 0 Å². The first-order valence-electron chi connectivity index (χ1n) is 9.00. The molecule has 2 aromatic rings. The summed E-state index contributed by atoms with van der Waals surface area (Å²) in [6.07, 6.45) is 0. The number of ether oxygens (including phenoxy) is 2. The van der Waals surface area contributed by atoms with Crippen LogP contribution in [0.3, 0.4) is 0 Å². The SMILES string of the molecule is COc1ccccc1C1CNCCN1CC(=O)Nc1ccccc1OC(F)F. The van der Waals surface area contributed by atoms with Crippen LogP contribution in [-0.2, 0) is 4.79 Å². The van der Waals surface area contributed by atoms with Crippen molar-refractivity contribution >= 4 is 11.6 Å². The smallest absolute Gasteiger partial charge is 0.387 e. The minimum Gasteiger partial charge on any atom is -0.496 e. The zero-order chi connectivity index (χ0) is 19.9. The number of alkyl halides is 2. The van der Waals surface area contributed by atoms with Gasteiger partial charge >= 0.3 is 6.61 Å². The Labute approximate surface area is 162 Å². The summed E-state index contributed by atoms with van der Waals surface area (Å²) in [5.41, 5.74) is 1.21. The number of nitrogens with zero attached hydrogens (tertiary/aromatic N) is 1. The van der Waals surface area contributed by atoms with Crippen molar-refractivity contribution in [3.05, 3.63) is 54.1 Å². The van der Waals surface area contributed by atoms with Crippen molar-refractivity contribution in [2.24, 2.45) is 0 Å². The molecule has 1 aliphatic heterocycles. The normalized spacial score (nSPS) is 17.4. The van der Waals surface area contributed by atoms with Crippen molar-refractivity contribution in [1.82, 2.24) is 10.2 Å². The fourth-order valence-electron chi connectivity index (χ4n) is 3.33. The number of anilines is 1. The second-order valence-electron chi connectivity index (χ2n) is 6.36. The van der Waals surface area contributed by atoms with Gasteiger partial charge in [0.15, 0.2) is 0 Å². The first-order chi connectivity index (χ1) is 13.6. The van der Waals surface area contributed by atoms with Gasteiger partial charge in [-0.15, -0.1) is 0 Å². The zero-order valence-corrected chi connectivity index (χ0v) is 15.5. The average Bonchev–Trinajstić information content (AvgIpc) is 2.69. The molecule has 0 radical (unpaired) electrons. The van der Waals surface area contributed by atoms with Crippen LogP contribution in [0.1, 0.15) is 11.6 Å². The molecule has 1 fully saturated rings. The van der Waals surface area contributed by atoms with E-state index in [4.69, 9.17) is 4.74 Å². The molecule has 0 spiro atoms. The van der Waals surface area contributed by atoms with E-state index in [1.165, 1.54) is 12.1 Å². The molecule has 1 saturated heterocycles. The standard InChI is InChI=1S/C20H23F2N3O3/c1-27-17-8-4-2-6-14(17)16-12-23-10-11-25(16)13-19(26)24-15-7-3-5-9-18(15)28-20(21)22/h2-9,16,20,23H,10-13H2,1H3,(H,24,26). The van der Waals surface area contributed by atoms with E-state index in [2.05, 4.69) is 15.4 Å². The summed E-state index contributed by atoms with van der Waals surface area (Å²) in [4.78, 5) is 14.6. The van der Waals surface area contributed by atoms with Gasteiger partial charge in [-0.1, -0.05) is 30.3 Å². The lowest BCUT2D eigenvalue weighted by atomic mass is 10.0. The van der Waals surface area contributed by atoms with Gasteiger partial charge in [0, 0.05) is 25.2 Å². The maximum absolute atomic E-state index is 12.6. The molecule has 0 bridgehead atoms. The molecule has 1 atom stereocenters. The molecule has 6 nitrogen and oxygen atoms in total. The number of nitrogens with one attached hydrogen (secondary N) is 2. The van der Waals surface area contributed by atoms with Crippen LogP contribution in [0.2, 0.25) is 0 Å². The van der Waals surface area contributed by atoms with Crippen molar-refractivity contribution in [2.75, 3.05) is 38.6 Å². The highest BCUT2D eigenvalue weighted by molar-refractivity contribution is 5.93. The van der Waals surface area contributed by atoms with E-state index in [0.29, 0.717) is 13.1 Å². The third kappa shape index (κ3) is 4.96. The number of benzene rings is 2. The molecular formula is C20H23F2N3O3. The Morgan fingerprint density at radius 1 is 1.21 bits per heavy atom. The van der Waals surface area contributed by atoms with Crippen LogP contribution in [0.4, 0.5) is 14.5 Å². The Kier molecular flexibility index (Phi) is 6.78. The van der Waals surface area contributed by atoms with E-state index < -0.39 is 6.61 Å². The molecule has 8 heteroatoms. The molecule has 0 aromatic heterocycles. The topological polar surface area (TPSA) is 62.8 Å². The Morgan fingerprint density at radius 3 is 2.68 bits per heavy atom. The highest BCUT2D eigenvalue weighted by Gasteiger charge is 2.27. The predicted octanol–water partition coefficient (Wildman–Crippen LogP) is 2.88. The molecule has 3 rings (SSSR count). The number of halogens is 2. The first-order valence-corrected chi connectivity index (χ1v) is 9.00. The van der Waals surface area contributed by atoms with Gasteiger partial charge in [0.2, 0.25) is 5.91 Å². The van der Waals surface area contributed by atoms with E-state index in [1.807, 2.05) is 29.2 Å². The largest absolute Gasteiger partial charge is 0.496 e. The van der Waals surface area contributed by atoms with Gasteiger partial charge in [0.1, 0.15) is 11.5 Å². The number of methoxy groups -OCH3 is 1. The summed E-state index contributed by atoms with van der Waals surface area (Å²) in [6.45, 7) is -0.734. The molecule has 2 aromatic carbocycles. The fraction of sp³-hybridized carbons (Fsp3) is 0.350. The summed E-state index contributed by atoms with van der Waals surface area (Å²) in [5.74, 6) is 0.400. The van der Waals surface area contributed by atoms with E-state index in [0.717, 1.165) is 17.9 Å². The Morgan fingerprint density at radius 2 is 1.93 bits per heavy atom. The molecule has 0 saturated carbocycles. The third-order valence-corrected chi connectivity index (χ3v) is 4.58. The van der Waals surface area contributed by atoms with Gasteiger partial charge in [0.05, 0.1) is 25.4 Å². The van der Waals surface area contributed by atoms with Gasteiger partial charge in [-0.05, 0) is 18.2 Å². The monoisotopic (exact) mass is 391 g/mol. The number of para-hydroxylation sites is 3. The van der Waals surface area contributed by atoms with E-state index in [9.17, 15) is 13.6 Å². The molecule has 1 aliphatic rings. The highest BCUT2D eigenvalue weighted by atomic mass is 19.3. The summed E-state index contributed by atoms with van der Waals surface area (Å²) >= 11 is 0. The second kappa shape index (κ2) is 9.48. The first kappa shape index (κ1) is 20.0. The van der Waals surface area contributed by atoms with Crippen LogP contribution in [0.15, 0.2) is 48.5 Å². The number of hydrogen-bond donors (Lipinski definition) is 2. The second-order valence-corrected chi connectivity index (χ2v) is 6.36. The molecule has 0 aliphatic carbocycles. The minimum absolute atomic E-state index is 0.0387. The zero-order valence-electron chi connectivity index (χ0n) is 15.5. The van der Waals surface area contributed by atoms with Gasteiger partial charge < -0.3 is 20.1 Å². The van der Waals surface area contributed by atoms with Gasteiger partial charge in [0.25, 0.3) is 0 Å². The van der Waals surface area contributed by atoms with Crippen molar-refractivity contribution in [3.8, 4) is 11.5 Å². The van der Waals surface area contributed by atoms with Crippen molar-refractivity contribution < 1.29 is 23.0 Å². The van der Waals surface area contributed by atoms with Crippen molar-refractivity contribution in [2.45, 2.75) is 12.7 Å². The number of piperazine rings is 1. The fourth-order valence-corrected chi connectivity index (χ4v) is 3.33. The summed E-state index contributed by atoms with van der Waals surface area (Å²) < 4.78 is 35.0. The van der Waals surface area contributed by atoms with Crippen LogP contribution in [-0.4, -0.2) is 50.7 Å². The van der Waals surface area contributed by atoms with Gasteiger partial charge in [-0.25, -0.2) is 0 Å². The summed E-state index contributed by atoms with van der Waals surface area (Å²) in [6, 6.07) is 13.8. The van der Waals surface area contributed by atoms with Crippen molar-refractivity contribution in [3.63, 3.8) is 0 Å². The molecule has 150 valence electrons. The third-order valence-electron chi connectivity index (χ3n) is 4.58. The van der Waals surface area contributed by atoms with E-state index in [1.54, 1.807) is 19.2 Å². The molecular weight excluding hydrogens is 368 g/mol. The minimum atomic E-state index is -2.96. The molecule has 2 N–H and O–H groups in total. The maximum atomic E-state index is 12.6. The Bertz CT molecular complexity index is 804. The number of carbonyl (C=O) groups is 1. The molecule has 1 heterocycles. The lowest BCUT2D eigenvalue weighted by Crippen LogP contribution is -2.48. The number of rotatable bonds is 7. The average molecular weight is 391 g/mol. The van der Waals surface area contributed by atoms with Crippen LogP contribution in [0.25, 0.3) is 0 Å². The quantitative estimate of drug-likeness (QED) is 0.760. The lowest BCUT2D eigenvalue weighted by Gasteiger charge is -2.36. The Hall–Kier alpha value is -2.71. The van der Waals surface area contributed by atoms with Crippen LogP contribution in [0.5, 0.6) is 11.5 Å². The summed E-state index contributed by atoms with van der Waals surface area (Å²) in [7, 11) is 1.62. The number of hydrogen-bond acceptors (Lipinski definition) is 5. The number of amides is 1. The van der Waals surface area contributed by atoms with Crippen LogP contribution in [0, 0.1) is 0 Å². The van der Waals surface area contributed by atoms with Gasteiger partial charge in [-0.3, -0.25) is 9.69 Å².